The lowest BCUT2D eigenvalue weighted by atomic mass is 10.1. The minimum Gasteiger partial charge on any atom is -0.493 e. The third-order valence-electron chi connectivity index (χ3n) is 2.61. The van der Waals surface area contributed by atoms with Gasteiger partial charge in [0, 0.05) is 11.9 Å². The average Bonchev–Trinajstić information content (AvgIpc) is 2.93. The molecule has 0 aliphatic carbocycles. The number of ether oxygens (including phenoxy) is 1. The lowest BCUT2D eigenvalue weighted by Gasteiger charge is -2.13. The summed E-state index contributed by atoms with van der Waals surface area (Å²) < 4.78 is 7.13. The van der Waals surface area contributed by atoms with E-state index in [1.807, 2.05) is 23.9 Å². The van der Waals surface area contributed by atoms with Crippen molar-refractivity contribution in [2.75, 3.05) is 7.11 Å². The molecule has 0 aliphatic heterocycles. The number of aryl methyl sites for hydroxylation is 2. The van der Waals surface area contributed by atoms with E-state index in [4.69, 9.17) is 10.5 Å². The highest BCUT2D eigenvalue weighted by atomic mass is 32.1. The van der Waals surface area contributed by atoms with Gasteiger partial charge in [0.25, 0.3) is 0 Å². The van der Waals surface area contributed by atoms with Crippen LogP contribution in [0.2, 0.25) is 0 Å². The first-order valence-corrected chi connectivity index (χ1v) is 6.32. The van der Waals surface area contributed by atoms with Crippen LogP contribution in [0.4, 0.5) is 0 Å². The van der Waals surface area contributed by atoms with Gasteiger partial charge in [-0.2, -0.15) is 5.10 Å². The first-order chi connectivity index (χ1) is 8.17. The van der Waals surface area contributed by atoms with Crippen LogP contribution in [0.5, 0.6) is 5.75 Å². The van der Waals surface area contributed by atoms with Crippen LogP contribution < -0.4 is 10.5 Å². The molecule has 0 radical (unpaired) electrons. The molecule has 92 valence electrons. The molecule has 2 aromatic heterocycles. The van der Waals surface area contributed by atoms with Gasteiger partial charge < -0.3 is 10.5 Å². The summed E-state index contributed by atoms with van der Waals surface area (Å²) in [6.45, 7) is 4.75. The predicted octanol–water partition coefficient (Wildman–Crippen LogP) is 1.72. The van der Waals surface area contributed by atoms with Crippen LogP contribution in [-0.2, 0) is 6.54 Å². The Balaban J connectivity index is 2.41. The summed E-state index contributed by atoms with van der Waals surface area (Å²) >= 11 is 1.60. The van der Waals surface area contributed by atoms with Gasteiger partial charge in [-0.3, -0.25) is 4.68 Å². The fraction of sp³-hybridized carbons (Fsp3) is 0.455. The van der Waals surface area contributed by atoms with Crippen molar-refractivity contribution in [2.45, 2.75) is 26.4 Å². The average molecular weight is 252 g/mol. The van der Waals surface area contributed by atoms with Crippen molar-refractivity contribution >= 4 is 11.3 Å². The lowest BCUT2D eigenvalue weighted by Crippen LogP contribution is -2.18. The molecule has 5 nitrogen and oxygen atoms in total. The monoisotopic (exact) mass is 252 g/mol. The Morgan fingerprint density at radius 1 is 1.59 bits per heavy atom. The maximum atomic E-state index is 6.23. The van der Waals surface area contributed by atoms with Crippen molar-refractivity contribution in [3.8, 4) is 5.75 Å². The summed E-state index contributed by atoms with van der Waals surface area (Å²) in [5, 5.41) is 7.24. The topological polar surface area (TPSA) is 66.0 Å². The molecule has 2 rings (SSSR count). The zero-order valence-electron chi connectivity index (χ0n) is 10.2. The molecule has 17 heavy (non-hydrogen) atoms. The Morgan fingerprint density at radius 3 is 2.88 bits per heavy atom. The maximum absolute atomic E-state index is 6.23. The first kappa shape index (κ1) is 12.1. The summed E-state index contributed by atoms with van der Waals surface area (Å²) in [6.07, 6.45) is 1.69. The summed E-state index contributed by atoms with van der Waals surface area (Å²) in [4.78, 5) is 4.41. The highest BCUT2D eigenvalue weighted by Gasteiger charge is 2.21. The number of nitrogens with two attached hydrogens (primary N) is 1. The second kappa shape index (κ2) is 4.85. The number of rotatable bonds is 4. The van der Waals surface area contributed by atoms with Crippen molar-refractivity contribution in [1.29, 1.82) is 0 Å². The smallest absolute Gasteiger partial charge is 0.161 e. The van der Waals surface area contributed by atoms with Gasteiger partial charge in [-0.05, 0) is 13.8 Å². The quantitative estimate of drug-likeness (QED) is 0.900. The van der Waals surface area contributed by atoms with Gasteiger partial charge >= 0.3 is 0 Å². The Hall–Kier alpha value is -1.40. The fourth-order valence-corrected chi connectivity index (χ4v) is 2.41. The van der Waals surface area contributed by atoms with Crippen LogP contribution in [0.1, 0.15) is 29.4 Å². The largest absolute Gasteiger partial charge is 0.493 e. The molecule has 2 N–H and O–H groups in total. The molecule has 0 saturated carbocycles. The highest BCUT2D eigenvalue weighted by Crippen LogP contribution is 2.28. The van der Waals surface area contributed by atoms with Crippen molar-refractivity contribution in [3.05, 3.63) is 28.0 Å². The van der Waals surface area contributed by atoms with Crippen molar-refractivity contribution < 1.29 is 4.74 Å². The van der Waals surface area contributed by atoms with E-state index < -0.39 is 0 Å². The molecular formula is C11H16N4OS. The standard InChI is InChI=1S/C11H16N4OS/c1-4-15-11(9(16-3)5-13-15)10(12)8-6-17-7(2)14-8/h5-6,10H,4,12H2,1-3H3. The van der Waals surface area contributed by atoms with Crippen LogP contribution in [0.3, 0.4) is 0 Å². The van der Waals surface area contributed by atoms with Crippen LogP contribution >= 0.6 is 11.3 Å². The Labute approximate surface area is 104 Å². The van der Waals surface area contributed by atoms with Gasteiger partial charge in [0.15, 0.2) is 5.75 Å². The van der Waals surface area contributed by atoms with E-state index in [0.29, 0.717) is 5.75 Å². The fourth-order valence-electron chi connectivity index (χ4n) is 1.76. The van der Waals surface area contributed by atoms with Crippen molar-refractivity contribution in [1.82, 2.24) is 14.8 Å². The lowest BCUT2D eigenvalue weighted by molar-refractivity contribution is 0.404. The van der Waals surface area contributed by atoms with E-state index >= 15 is 0 Å². The zero-order chi connectivity index (χ0) is 12.4. The van der Waals surface area contributed by atoms with Crippen LogP contribution in [0.15, 0.2) is 11.6 Å². The second-order valence-electron chi connectivity index (χ2n) is 3.68. The molecule has 0 bridgehead atoms. The molecule has 1 unspecified atom stereocenters. The third kappa shape index (κ3) is 2.18. The van der Waals surface area contributed by atoms with Crippen molar-refractivity contribution in [3.63, 3.8) is 0 Å². The highest BCUT2D eigenvalue weighted by molar-refractivity contribution is 7.09. The van der Waals surface area contributed by atoms with E-state index in [-0.39, 0.29) is 6.04 Å². The molecule has 2 aromatic rings. The Morgan fingerprint density at radius 2 is 2.35 bits per heavy atom. The van der Waals surface area contributed by atoms with Crippen molar-refractivity contribution in [2.24, 2.45) is 5.73 Å². The Kier molecular flexibility index (Phi) is 3.44. The SMILES string of the molecule is CCn1ncc(OC)c1C(N)c1csc(C)n1. The van der Waals surface area contributed by atoms with E-state index in [1.54, 1.807) is 24.6 Å². The normalized spacial score (nSPS) is 12.7. The summed E-state index contributed by atoms with van der Waals surface area (Å²) in [7, 11) is 1.62. The van der Waals surface area contributed by atoms with E-state index in [0.717, 1.165) is 22.9 Å². The minimum atomic E-state index is -0.294. The number of hydrogen-bond acceptors (Lipinski definition) is 5. The van der Waals surface area contributed by atoms with Gasteiger partial charge in [-0.25, -0.2) is 4.98 Å². The van der Waals surface area contributed by atoms with Crippen LogP contribution in [0.25, 0.3) is 0 Å². The number of hydrogen-bond donors (Lipinski definition) is 1. The van der Waals surface area contributed by atoms with E-state index in [1.165, 1.54) is 0 Å². The molecule has 0 aliphatic rings. The molecule has 2 heterocycles. The van der Waals surface area contributed by atoms with Gasteiger partial charge in [0.1, 0.15) is 5.69 Å². The van der Waals surface area contributed by atoms with E-state index in [2.05, 4.69) is 10.1 Å². The zero-order valence-corrected chi connectivity index (χ0v) is 11.0. The third-order valence-corrected chi connectivity index (χ3v) is 3.41. The molecule has 1 atom stereocenters. The second-order valence-corrected chi connectivity index (χ2v) is 4.75. The van der Waals surface area contributed by atoms with Gasteiger partial charge in [0.2, 0.25) is 0 Å². The maximum Gasteiger partial charge on any atom is 0.161 e. The van der Waals surface area contributed by atoms with Gasteiger partial charge in [-0.1, -0.05) is 0 Å². The molecule has 0 fully saturated rings. The summed E-state index contributed by atoms with van der Waals surface area (Å²) in [6, 6.07) is -0.294. The molecular weight excluding hydrogens is 236 g/mol. The number of nitrogens with zero attached hydrogens (tertiary/aromatic N) is 3. The molecule has 0 spiro atoms. The molecule has 6 heteroatoms. The molecule has 0 aromatic carbocycles. The Bertz CT molecular complexity index is 484. The number of methoxy groups -OCH3 is 1. The number of thiazole rings is 1. The molecule has 0 amide bonds. The number of aromatic nitrogens is 3. The molecule has 0 saturated heterocycles. The predicted molar refractivity (Wildman–Crippen MR) is 67.3 cm³/mol. The van der Waals surface area contributed by atoms with Gasteiger partial charge in [-0.15, -0.1) is 11.3 Å². The van der Waals surface area contributed by atoms with Crippen LogP contribution in [0, 0.1) is 6.92 Å². The van der Waals surface area contributed by atoms with Gasteiger partial charge in [0.05, 0.1) is 30.1 Å². The summed E-state index contributed by atoms with van der Waals surface area (Å²) in [5.74, 6) is 0.713. The van der Waals surface area contributed by atoms with E-state index in [9.17, 15) is 0 Å². The van der Waals surface area contributed by atoms with Crippen LogP contribution in [-0.4, -0.2) is 21.9 Å². The first-order valence-electron chi connectivity index (χ1n) is 5.44. The minimum absolute atomic E-state index is 0.294. The summed E-state index contributed by atoms with van der Waals surface area (Å²) in [5.41, 5.74) is 7.97.